The molecule has 4 rings (SSSR count). The van der Waals surface area contributed by atoms with E-state index in [9.17, 15) is 4.79 Å². The number of hydrogen-bond acceptors (Lipinski definition) is 6. The summed E-state index contributed by atoms with van der Waals surface area (Å²) in [4.78, 5) is 20.8. The van der Waals surface area contributed by atoms with E-state index in [1.807, 2.05) is 6.92 Å². The van der Waals surface area contributed by atoms with Crippen LogP contribution in [-0.2, 0) is 6.42 Å². The van der Waals surface area contributed by atoms with Gasteiger partial charge < -0.3 is 0 Å². The summed E-state index contributed by atoms with van der Waals surface area (Å²) in [5.74, 6) is 1.06. The second-order valence-corrected chi connectivity index (χ2v) is 4.72. The molecule has 0 aromatic carbocycles. The van der Waals surface area contributed by atoms with Crippen LogP contribution in [0, 0.1) is 0 Å². The van der Waals surface area contributed by atoms with Gasteiger partial charge in [0, 0.05) is 25.0 Å². The fourth-order valence-electron chi connectivity index (χ4n) is 2.30. The van der Waals surface area contributed by atoms with Crippen LogP contribution in [0.4, 0.5) is 0 Å². The van der Waals surface area contributed by atoms with Gasteiger partial charge in [-0.05, 0) is 18.2 Å². The first-order valence-electron chi connectivity index (χ1n) is 6.82. The van der Waals surface area contributed by atoms with Crippen molar-refractivity contribution in [3.05, 3.63) is 53.0 Å². The minimum Gasteiger partial charge on any atom is -0.282 e. The summed E-state index contributed by atoms with van der Waals surface area (Å²) in [6.45, 7) is 1.96. The summed E-state index contributed by atoms with van der Waals surface area (Å²) in [5.41, 5.74) is 1.30. The molecule has 0 unspecified atom stereocenters. The van der Waals surface area contributed by atoms with Crippen molar-refractivity contribution in [3.63, 3.8) is 0 Å². The van der Waals surface area contributed by atoms with Gasteiger partial charge in [-0.25, -0.2) is 0 Å². The van der Waals surface area contributed by atoms with Crippen molar-refractivity contribution < 1.29 is 0 Å². The molecule has 0 saturated carbocycles. The lowest BCUT2D eigenvalue weighted by Crippen LogP contribution is -2.20. The largest absolute Gasteiger partial charge is 0.285 e. The van der Waals surface area contributed by atoms with Gasteiger partial charge in [0.2, 0.25) is 0 Å². The Morgan fingerprint density at radius 3 is 2.73 bits per heavy atom. The van der Waals surface area contributed by atoms with Gasteiger partial charge in [0.1, 0.15) is 5.52 Å². The highest BCUT2D eigenvalue weighted by atomic mass is 16.1. The number of aryl methyl sites for hydroxylation is 1. The molecule has 0 saturated heterocycles. The molecule has 0 N–H and O–H groups in total. The van der Waals surface area contributed by atoms with Gasteiger partial charge in [-0.2, -0.15) is 9.50 Å². The highest BCUT2D eigenvalue weighted by molar-refractivity contribution is 5.74. The molecule has 4 heterocycles. The normalized spacial score (nSPS) is 11.3. The predicted octanol–water partition coefficient (Wildman–Crippen LogP) is 0.781. The van der Waals surface area contributed by atoms with E-state index in [1.165, 1.54) is 4.57 Å². The molecule has 8 heteroatoms. The van der Waals surface area contributed by atoms with Gasteiger partial charge in [0.25, 0.3) is 11.3 Å². The Morgan fingerprint density at radius 1 is 1.14 bits per heavy atom. The highest BCUT2D eigenvalue weighted by Gasteiger charge is 2.12. The number of fused-ring (bicyclic) bond motifs is 3. The van der Waals surface area contributed by atoms with Crippen LogP contribution in [0.2, 0.25) is 0 Å². The molecular weight excluding hydrogens is 282 g/mol. The second-order valence-electron chi connectivity index (χ2n) is 4.72. The molecule has 22 heavy (non-hydrogen) atoms. The molecule has 0 aliphatic rings. The minimum atomic E-state index is -0.258. The molecule has 0 aliphatic carbocycles. The number of hydrogen-bond donors (Lipinski definition) is 0. The maximum Gasteiger partial charge on any atom is 0.285 e. The van der Waals surface area contributed by atoms with Crippen LogP contribution in [-0.4, -0.2) is 34.3 Å². The first kappa shape index (κ1) is 12.6. The Morgan fingerprint density at radius 2 is 1.95 bits per heavy atom. The third kappa shape index (κ3) is 1.77. The molecule has 4 aromatic heterocycles. The average molecular weight is 293 g/mol. The Balaban J connectivity index is 2.04. The first-order chi connectivity index (χ1) is 10.8. The summed E-state index contributed by atoms with van der Waals surface area (Å²) in [5, 5.41) is 12.4. The lowest BCUT2D eigenvalue weighted by Gasteiger charge is -2.06. The third-order valence-electron chi connectivity index (χ3n) is 3.40. The Bertz CT molecular complexity index is 1040. The molecule has 0 aliphatic heterocycles. The molecule has 0 radical (unpaired) electrons. The smallest absolute Gasteiger partial charge is 0.282 e. The van der Waals surface area contributed by atoms with Crippen LogP contribution in [0.3, 0.4) is 0 Å². The van der Waals surface area contributed by atoms with Crippen molar-refractivity contribution in [1.29, 1.82) is 0 Å². The van der Waals surface area contributed by atoms with Crippen molar-refractivity contribution in [2.24, 2.45) is 0 Å². The predicted molar refractivity (Wildman–Crippen MR) is 78.9 cm³/mol. The standard InChI is InChI=1S/C14H11N7O/c1-2-11-16-14-18-17-12-10(21(14)19-11)5-8-20(13(12)22)9-3-6-15-7-4-9/h3-8H,2H2,1H3. The molecule has 0 spiro atoms. The molecule has 0 amide bonds. The van der Waals surface area contributed by atoms with Crippen LogP contribution in [0.25, 0.3) is 22.5 Å². The van der Waals surface area contributed by atoms with E-state index in [2.05, 4.69) is 25.3 Å². The SMILES string of the molecule is CCc1nc2nnc3c(=O)n(-c4ccncc4)ccc3n2n1. The Hall–Kier alpha value is -3.16. The lowest BCUT2D eigenvalue weighted by molar-refractivity contribution is 0.883. The molecule has 0 fully saturated rings. The number of rotatable bonds is 2. The van der Waals surface area contributed by atoms with Crippen molar-refractivity contribution >= 4 is 16.8 Å². The van der Waals surface area contributed by atoms with E-state index < -0.39 is 0 Å². The van der Waals surface area contributed by atoms with E-state index in [4.69, 9.17) is 0 Å². The van der Waals surface area contributed by atoms with Crippen LogP contribution >= 0.6 is 0 Å². The van der Waals surface area contributed by atoms with Crippen LogP contribution in [0.5, 0.6) is 0 Å². The fraction of sp³-hybridized carbons (Fsp3) is 0.143. The van der Waals surface area contributed by atoms with Crippen molar-refractivity contribution in [3.8, 4) is 5.69 Å². The number of nitrogens with zero attached hydrogens (tertiary/aromatic N) is 7. The molecular formula is C14H11N7O. The molecule has 108 valence electrons. The quantitative estimate of drug-likeness (QED) is 0.542. The zero-order valence-corrected chi connectivity index (χ0v) is 11.7. The summed E-state index contributed by atoms with van der Waals surface area (Å²) >= 11 is 0. The molecule has 0 atom stereocenters. The maximum atomic E-state index is 12.6. The zero-order chi connectivity index (χ0) is 15.1. The first-order valence-corrected chi connectivity index (χ1v) is 6.82. The van der Waals surface area contributed by atoms with Crippen LogP contribution in [0.15, 0.2) is 41.6 Å². The number of aromatic nitrogens is 7. The van der Waals surface area contributed by atoms with Crippen molar-refractivity contribution in [2.45, 2.75) is 13.3 Å². The van der Waals surface area contributed by atoms with Gasteiger partial charge in [-0.3, -0.25) is 14.3 Å². The summed E-state index contributed by atoms with van der Waals surface area (Å²) < 4.78 is 3.06. The lowest BCUT2D eigenvalue weighted by atomic mass is 10.3. The van der Waals surface area contributed by atoms with Gasteiger partial charge >= 0.3 is 0 Å². The van der Waals surface area contributed by atoms with Crippen molar-refractivity contribution in [1.82, 2.24) is 34.3 Å². The summed E-state index contributed by atoms with van der Waals surface area (Å²) in [6.07, 6.45) is 5.64. The molecule has 8 nitrogen and oxygen atoms in total. The third-order valence-corrected chi connectivity index (χ3v) is 3.40. The fourth-order valence-corrected chi connectivity index (χ4v) is 2.30. The van der Waals surface area contributed by atoms with E-state index in [0.29, 0.717) is 23.5 Å². The topological polar surface area (TPSA) is 90.9 Å². The summed E-state index contributed by atoms with van der Waals surface area (Å²) in [6, 6.07) is 5.29. The Labute approximate surface area is 124 Å². The minimum absolute atomic E-state index is 0.249. The molecule has 4 aromatic rings. The monoisotopic (exact) mass is 293 g/mol. The van der Waals surface area contributed by atoms with E-state index >= 15 is 0 Å². The Kier molecular flexibility index (Phi) is 2.68. The maximum absolute atomic E-state index is 12.6. The van der Waals surface area contributed by atoms with E-state index in [-0.39, 0.29) is 11.1 Å². The number of pyridine rings is 2. The van der Waals surface area contributed by atoms with Gasteiger partial charge in [-0.15, -0.1) is 15.3 Å². The average Bonchev–Trinajstić information content (AvgIpc) is 2.99. The zero-order valence-electron chi connectivity index (χ0n) is 11.7. The van der Waals surface area contributed by atoms with Crippen LogP contribution in [0.1, 0.15) is 12.7 Å². The van der Waals surface area contributed by atoms with Crippen LogP contribution < -0.4 is 5.56 Å². The van der Waals surface area contributed by atoms with E-state index in [0.717, 1.165) is 5.69 Å². The van der Waals surface area contributed by atoms with Gasteiger partial charge in [0.15, 0.2) is 11.3 Å². The highest BCUT2D eigenvalue weighted by Crippen LogP contribution is 2.10. The van der Waals surface area contributed by atoms with Gasteiger partial charge in [-0.1, -0.05) is 6.92 Å². The molecule has 0 bridgehead atoms. The second kappa shape index (κ2) is 4.69. The summed E-state index contributed by atoms with van der Waals surface area (Å²) in [7, 11) is 0. The van der Waals surface area contributed by atoms with Crippen molar-refractivity contribution in [2.75, 3.05) is 0 Å². The van der Waals surface area contributed by atoms with Gasteiger partial charge in [0.05, 0.1) is 5.69 Å². The van der Waals surface area contributed by atoms with E-state index in [1.54, 1.807) is 41.3 Å².